The van der Waals surface area contributed by atoms with E-state index in [4.69, 9.17) is 0 Å². The Balaban J connectivity index is 1.15. The molecule has 0 atom stereocenters. The molecule has 168 valence electrons. The van der Waals surface area contributed by atoms with Crippen molar-refractivity contribution in [3.8, 4) is 0 Å². The van der Waals surface area contributed by atoms with Gasteiger partial charge in [-0.05, 0) is 50.2 Å². The summed E-state index contributed by atoms with van der Waals surface area (Å²) in [5, 5.41) is 23.0. The molecule has 3 heterocycles. The highest BCUT2D eigenvalue weighted by atomic mass is 32.1. The molecule has 2 amide bonds. The lowest BCUT2D eigenvalue weighted by molar-refractivity contribution is 0.0940. The van der Waals surface area contributed by atoms with Crippen LogP contribution in [0.5, 0.6) is 0 Å². The topological polar surface area (TPSA) is 128 Å². The summed E-state index contributed by atoms with van der Waals surface area (Å²) >= 11 is 1.31. The molecule has 0 aliphatic heterocycles. The molecule has 0 radical (unpaired) electrons. The molecule has 1 aliphatic rings. The van der Waals surface area contributed by atoms with Gasteiger partial charge in [0.05, 0.1) is 6.20 Å². The number of aryl methyl sites for hydroxylation is 3. The van der Waals surface area contributed by atoms with Crippen molar-refractivity contribution in [1.82, 2.24) is 40.8 Å². The van der Waals surface area contributed by atoms with Gasteiger partial charge in [-0.25, -0.2) is 0 Å². The molecular weight excluding hydrogens is 428 g/mol. The first-order valence-corrected chi connectivity index (χ1v) is 11.6. The molecule has 2 N–H and O–H groups in total. The predicted molar refractivity (Wildman–Crippen MR) is 118 cm³/mol. The fraction of sp³-hybridized carbons (Fsp3) is 0.476. The minimum atomic E-state index is -0.232. The largest absolute Gasteiger partial charge is 0.350 e. The molecule has 32 heavy (non-hydrogen) atoms. The van der Waals surface area contributed by atoms with E-state index in [1.54, 1.807) is 17.1 Å². The smallest absolute Gasteiger partial charge is 0.282 e. The Hall–Kier alpha value is -3.21. The van der Waals surface area contributed by atoms with Gasteiger partial charge >= 0.3 is 0 Å². The van der Waals surface area contributed by atoms with Crippen molar-refractivity contribution in [1.29, 1.82) is 0 Å². The van der Waals surface area contributed by atoms with Crippen LogP contribution in [0.1, 0.15) is 62.2 Å². The summed E-state index contributed by atoms with van der Waals surface area (Å²) in [6, 6.07) is 3.85. The van der Waals surface area contributed by atoms with Crippen molar-refractivity contribution in [2.75, 3.05) is 6.54 Å². The normalized spacial score (nSPS) is 13.2. The maximum Gasteiger partial charge on any atom is 0.282 e. The predicted octanol–water partition coefficient (Wildman–Crippen LogP) is 1.93. The Morgan fingerprint density at radius 3 is 2.78 bits per heavy atom. The van der Waals surface area contributed by atoms with E-state index >= 15 is 0 Å². The molecule has 11 heteroatoms. The van der Waals surface area contributed by atoms with Crippen LogP contribution in [0.3, 0.4) is 0 Å². The monoisotopic (exact) mass is 454 g/mol. The Kier molecular flexibility index (Phi) is 7.15. The second-order valence-electron chi connectivity index (χ2n) is 7.97. The molecule has 3 aromatic rings. The van der Waals surface area contributed by atoms with Crippen LogP contribution in [0.15, 0.2) is 24.5 Å². The van der Waals surface area contributed by atoms with Crippen molar-refractivity contribution < 1.29 is 9.59 Å². The molecule has 4 rings (SSSR count). The van der Waals surface area contributed by atoms with E-state index in [1.165, 1.54) is 24.2 Å². The molecule has 10 nitrogen and oxygen atoms in total. The minimum Gasteiger partial charge on any atom is -0.350 e. The van der Waals surface area contributed by atoms with E-state index in [2.05, 4.69) is 36.1 Å². The van der Waals surface area contributed by atoms with Gasteiger partial charge in [-0.2, -0.15) is 0 Å². The maximum absolute atomic E-state index is 12.3. The number of hydrogen-bond donors (Lipinski definition) is 2. The molecule has 3 aromatic heterocycles. The fourth-order valence-corrected chi connectivity index (χ4v) is 3.82. The first kappa shape index (κ1) is 22.0. The zero-order valence-electron chi connectivity index (χ0n) is 18.0. The van der Waals surface area contributed by atoms with Crippen molar-refractivity contribution in [3.05, 3.63) is 51.5 Å². The van der Waals surface area contributed by atoms with Crippen LogP contribution >= 0.6 is 11.3 Å². The summed E-state index contributed by atoms with van der Waals surface area (Å²) in [7, 11) is 0. The summed E-state index contributed by atoms with van der Waals surface area (Å²) < 4.78 is 1.69. The SMILES string of the molecule is Cc1ccc(CNC(=O)c2nnc(CCCCn3cc(C(=O)NCC4CC4)nn3)s2)cn1. The van der Waals surface area contributed by atoms with E-state index in [0.29, 0.717) is 29.7 Å². The van der Waals surface area contributed by atoms with E-state index in [-0.39, 0.29) is 11.8 Å². The van der Waals surface area contributed by atoms with Gasteiger partial charge in [0.1, 0.15) is 5.01 Å². The summed E-state index contributed by atoms with van der Waals surface area (Å²) in [5.41, 5.74) is 2.23. The maximum atomic E-state index is 12.3. The molecular formula is C21H26N8O2S. The Labute approximate surface area is 189 Å². The molecule has 1 fully saturated rings. The Bertz CT molecular complexity index is 1060. The van der Waals surface area contributed by atoms with Gasteiger partial charge in [0.25, 0.3) is 11.8 Å². The lowest BCUT2D eigenvalue weighted by Gasteiger charge is -2.02. The fourth-order valence-electron chi connectivity index (χ4n) is 3.02. The number of amides is 2. The molecule has 1 aliphatic carbocycles. The highest BCUT2D eigenvalue weighted by Crippen LogP contribution is 2.27. The first-order valence-electron chi connectivity index (χ1n) is 10.8. The summed E-state index contributed by atoms with van der Waals surface area (Å²) in [6.07, 6.45) is 8.27. The summed E-state index contributed by atoms with van der Waals surface area (Å²) in [4.78, 5) is 28.5. The van der Waals surface area contributed by atoms with E-state index in [0.717, 1.165) is 42.1 Å². The quantitative estimate of drug-likeness (QED) is 0.424. The average molecular weight is 455 g/mol. The lowest BCUT2D eigenvalue weighted by Crippen LogP contribution is -2.25. The highest BCUT2D eigenvalue weighted by Gasteiger charge is 2.22. The van der Waals surface area contributed by atoms with Crippen LogP contribution in [0.4, 0.5) is 0 Å². The van der Waals surface area contributed by atoms with Crippen LogP contribution in [-0.2, 0) is 19.5 Å². The summed E-state index contributed by atoms with van der Waals surface area (Å²) in [6.45, 7) is 3.71. The van der Waals surface area contributed by atoms with Crippen LogP contribution < -0.4 is 10.6 Å². The Morgan fingerprint density at radius 2 is 2.00 bits per heavy atom. The molecule has 0 aromatic carbocycles. The first-order chi connectivity index (χ1) is 15.6. The third kappa shape index (κ3) is 6.39. The number of aromatic nitrogens is 6. The lowest BCUT2D eigenvalue weighted by atomic mass is 10.2. The number of unbranched alkanes of at least 4 members (excludes halogenated alkanes) is 1. The van der Waals surface area contributed by atoms with Crippen molar-refractivity contribution >= 4 is 23.2 Å². The average Bonchev–Trinajstić information content (AvgIpc) is 3.30. The number of carbonyl (C=O) groups excluding carboxylic acids is 2. The zero-order chi connectivity index (χ0) is 22.3. The van der Waals surface area contributed by atoms with Gasteiger partial charge in [-0.3, -0.25) is 19.3 Å². The van der Waals surface area contributed by atoms with E-state index in [1.807, 2.05) is 19.1 Å². The number of pyridine rings is 1. The Morgan fingerprint density at radius 1 is 1.12 bits per heavy atom. The third-order valence-electron chi connectivity index (χ3n) is 5.13. The second-order valence-corrected chi connectivity index (χ2v) is 9.03. The van der Waals surface area contributed by atoms with Crippen molar-refractivity contribution in [2.45, 2.75) is 52.1 Å². The van der Waals surface area contributed by atoms with Gasteiger partial charge in [0.2, 0.25) is 5.01 Å². The summed E-state index contributed by atoms with van der Waals surface area (Å²) in [5.74, 6) is 0.234. The van der Waals surface area contributed by atoms with Crippen LogP contribution in [0, 0.1) is 12.8 Å². The van der Waals surface area contributed by atoms with Crippen LogP contribution in [0.25, 0.3) is 0 Å². The van der Waals surface area contributed by atoms with Crippen LogP contribution in [0.2, 0.25) is 0 Å². The molecule has 1 saturated carbocycles. The van der Waals surface area contributed by atoms with Gasteiger partial charge < -0.3 is 10.6 Å². The second kappa shape index (κ2) is 10.4. The van der Waals surface area contributed by atoms with Crippen molar-refractivity contribution in [3.63, 3.8) is 0 Å². The van der Waals surface area contributed by atoms with E-state index < -0.39 is 0 Å². The molecule has 0 spiro atoms. The number of rotatable bonds is 11. The highest BCUT2D eigenvalue weighted by molar-refractivity contribution is 7.13. The van der Waals surface area contributed by atoms with Gasteiger partial charge in [0, 0.05) is 37.9 Å². The number of nitrogens with zero attached hydrogens (tertiary/aromatic N) is 6. The number of hydrogen-bond acceptors (Lipinski definition) is 8. The van der Waals surface area contributed by atoms with Gasteiger partial charge in [0.15, 0.2) is 5.69 Å². The van der Waals surface area contributed by atoms with E-state index in [9.17, 15) is 9.59 Å². The van der Waals surface area contributed by atoms with Crippen LogP contribution in [-0.4, -0.2) is 48.5 Å². The van der Waals surface area contributed by atoms with Gasteiger partial charge in [-0.15, -0.1) is 15.3 Å². The molecule has 0 saturated heterocycles. The molecule has 0 unspecified atom stereocenters. The number of nitrogens with one attached hydrogen (secondary N) is 2. The zero-order valence-corrected chi connectivity index (χ0v) is 18.8. The minimum absolute atomic E-state index is 0.165. The molecule has 0 bridgehead atoms. The van der Waals surface area contributed by atoms with Crippen molar-refractivity contribution in [2.24, 2.45) is 5.92 Å². The third-order valence-corrected chi connectivity index (χ3v) is 6.12. The standard InChI is InChI=1S/C21H26N8O2S/c1-14-5-6-16(11-22-14)12-24-20(31)21-27-26-18(32-21)4-2-3-9-29-13-17(25-28-29)19(30)23-10-15-7-8-15/h5-6,11,13,15H,2-4,7-10,12H2,1H3,(H,23,30)(H,24,31). The number of carbonyl (C=O) groups is 2. The van der Waals surface area contributed by atoms with Gasteiger partial charge in [-0.1, -0.05) is 22.6 Å².